The van der Waals surface area contributed by atoms with Crippen LogP contribution in [-0.4, -0.2) is 25.5 Å². The van der Waals surface area contributed by atoms with Gasteiger partial charge < -0.3 is 9.64 Å². The zero-order valence-electron chi connectivity index (χ0n) is 12.6. The van der Waals surface area contributed by atoms with Crippen molar-refractivity contribution in [2.24, 2.45) is 0 Å². The Morgan fingerprint density at radius 1 is 1.25 bits per heavy atom. The summed E-state index contributed by atoms with van der Waals surface area (Å²) in [6.45, 7) is 8.46. The molecule has 0 radical (unpaired) electrons. The lowest BCUT2D eigenvalue weighted by atomic mass is 10.0. The highest BCUT2D eigenvalue weighted by Gasteiger charge is 2.16. The molecular weight excluding hydrogens is 250 g/mol. The number of fused-ring (bicyclic) bond motifs is 1. The van der Waals surface area contributed by atoms with Crippen LogP contribution < -0.4 is 9.64 Å². The van der Waals surface area contributed by atoms with Crippen LogP contribution in [0.3, 0.4) is 0 Å². The number of hydrogen-bond acceptors (Lipinski definition) is 3. The van der Waals surface area contributed by atoms with Crippen LogP contribution in [-0.2, 0) is 4.79 Å². The number of hydrogen-bond donors (Lipinski definition) is 0. The molecule has 0 fully saturated rings. The summed E-state index contributed by atoms with van der Waals surface area (Å²) in [5.74, 6) is 0.951. The molecule has 0 aliphatic carbocycles. The van der Waals surface area contributed by atoms with Crippen LogP contribution in [0.2, 0.25) is 0 Å². The highest BCUT2D eigenvalue weighted by molar-refractivity contribution is 5.99. The predicted molar refractivity (Wildman–Crippen MR) is 83.4 cm³/mol. The van der Waals surface area contributed by atoms with E-state index >= 15 is 0 Å². The quantitative estimate of drug-likeness (QED) is 0.792. The largest absolute Gasteiger partial charge is 0.488 e. The minimum Gasteiger partial charge on any atom is -0.488 e. The third-order valence-corrected chi connectivity index (χ3v) is 3.51. The Morgan fingerprint density at radius 2 is 1.95 bits per heavy atom. The molecule has 108 valence electrons. The number of Topliss-reactive ketones (excluding diaryl/α,β-unsaturated/α-hetero) is 1. The molecular formula is C17H23NO2. The van der Waals surface area contributed by atoms with Gasteiger partial charge in [-0.05, 0) is 44.0 Å². The number of carbonyl (C=O) groups excluding carboxylic acids is 1. The fourth-order valence-corrected chi connectivity index (χ4v) is 2.47. The lowest BCUT2D eigenvalue weighted by Crippen LogP contribution is -2.25. The van der Waals surface area contributed by atoms with Crippen LogP contribution in [0.4, 0.5) is 5.69 Å². The van der Waals surface area contributed by atoms with E-state index < -0.39 is 0 Å². The van der Waals surface area contributed by atoms with Gasteiger partial charge in [-0.15, -0.1) is 0 Å². The van der Waals surface area contributed by atoms with Crippen molar-refractivity contribution >= 4 is 17.5 Å². The van der Waals surface area contributed by atoms with Gasteiger partial charge in [0.1, 0.15) is 12.4 Å². The highest BCUT2D eigenvalue weighted by atomic mass is 16.5. The normalized spacial score (nSPS) is 13.2. The summed E-state index contributed by atoms with van der Waals surface area (Å²) in [6.07, 6.45) is 4.21. The average molecular weight is 273 g/mol. The molecule has 1 aromatic carbocycles. The van der Waals surface area contributed by atoms with Crippen molar-refractivity contribution in [1.29, 1.82) is 0 Å². The van der Waals surface area contributed by atoms with E-state index in [-0.39, 0.29) is 5.78 Å². The number of ether oxygens (including phenoxy) is 1. The number of carbonyl (C=O) groups is 1. The van der Waals surface area contributed by atoms with E-state index in [0.717, 1.165) is 42.8 Å². The summed E-state index contributed by atoms with van der Waals surface area (Å²) in [5.41, 5.74) is 2.96. The van der Waals surface area contributed by atoms with Crippen molar-refractivity contribution in [2.75, 3.05) is 24.6 Å². The third kappa shape index (κ3) is 3.21. The van der Waals surface area contributed by atoms with Gasteiger partial charge in [-0.25, -0.2) is 0 Å². The molecule has 3 heteroatoms. The molecule has 0 unspecified atom stereocenters. The van der Waals surface area contributed by atoms with Crippen molar-refractivity contribution in [3.8, 4) is 5.75 Å². The monoisotopic (exact) mass is 273 g/mol. The van der Waals surface area contributed by atoms with Crippen LogP contribution in [0.15, 0.2) is 23.8 Å². The summed E-state index contributed by atoms with van der Waals surface area (Å²) in [7, 11) is 0. The molecule has 0 saturated heterocycles. The van der Waals surface area contributed by atoms with Crippen molar-refractivity contribution in [2.45, 2.75) is 33.6 Å². The lowest BCUT2D eigenvalue weighted by molar-refractivity contribution is -0.113. The zero-order valence-corrected chi connectivity index (χ0v) is 12.6. The smallest absolute Gasteiger partial charge is 0.159 e. The standard InChI is InChI=1S/C17H23NO2/c1-4-8-18(9-5-2)16-6-7-17-14(11-16)10-15(12-20-17)13(3)19/h6-7,10-11H,4-5,8-9,12H2,1-3H3. The first-order valence-electron chi connectivity index (χ1n) is 7.39. The van der Waals surface area contributed by atoms with Crippen molar-refractivity contribution in [3.63, 3.8) is 0 Å². The molecule has 0 bridgehead atoms. The summed E-state index contributed by atoms with van der Waals surface area (Å²) >= 11 is 0. The second-order valence-corrected chi connectivity index (χ2v) is 5.22. The van der Waals surface area contributed by atoms with Gasteiger partial charge in [-0.2, -0.15) is 0 Å². The van der Waals surface area contributed by atoms with Crippen LogP contribution in [0, 0.1) is 0 Å². The molecule has 1 heterocycles. The van der Waals surface area contributed by atoms with Gasteiger partial charge in [0.25, 0.3) is 0 Å². The number of nitrogens with zero attached hydrogens (tertiary/aromatic N) is 1. The van der Waals surface area contributed by atoms with Crippen molar-refractivity contribution in [1.82, 2.24) is 0 Å². The van der Waals surface area contributed by atoms with Gasteiger partial charge in [0, 0.05) is 29.9 Å². The van der Waals surface area contributed by atoms with Gasteiger partial charge in [-0.1, -0.05) is 13.8 Å². The molecule has 0 atom stereocenters. The first kappa shape index (κ1) is 14.6. The molecule has 1 aromatic rings. The number of anilines is 1. The van der Waals surface area contributed by atoms with Crippen LogP contribution in [0.5, 0.6) is 5.75 Å². The van der Waals surface area contributed by atoms with E-state index in [2.05, 4.69) is 30.9 Å². The summed E-state index contributed by atoms with van der Waals surface area (Å²) in [5, 5.41) is 0. The Bertz CT molecular complexity index is 514. The SMILES string of the molecule is CCCN(CCC)c1ccc2c(c1)C=C(C(C)=O)CO2. The maximum Gasteiger partial charge on any atom is 0.159 e. The maximum atomic E-state index is 11.5. The minimum atomic E-state index is 0.0834. The van der Waals surface area contributed by atoms with Crippen molar-refractivity contribution < 1.29 is 9.53 Å². The van der Waals surface area contributed by atoms with E-state index in [9.17, 15) is 4.79 Å². The molecule has 1 aliphatic heterocycles. The van der Waals surface area contributed by atoms with Crippen molar-refractivity contribution in [3.05, 3.63) is 29.3 Å². The van der Waals surface area contributed by atoms with Crippen LogP contribution in [0.1, 0.15) is 39.2 Å². The first-order chi connectivity index (χ1) is 9.65. The van der Waals surface area contributed by atoms with Gasteiger partial charge in [0.05, 0.1) is 0 Å². The van der Waals surface area contributed by atoms with E-state index in [0.29, 0.717) is 6.61 Å². The molecule has 0 amide bonds. The van der Waals surface area contributed by atoms with Gasteiger partial charge >= 0.3 is 0 Å². The second-order valence-electron chi connectivity index (χ2n) is 5.22. The van der Waals surface area contributed by atoms with Gasteiger partial charge in [0.15, 0.2) is 5.78 Å². The fourth-order valence-electron chi connectivity index (χ4n) is 2.47. The molecule has 0 N–H and O–H groups in total. The maximum absolute atomic E-state index is 11.5. The summed E-state index contributed by atoms with van der Waals surface area (Å²) in [4.78, 5) is 13.9. The van der Waals surface area contributed by atoms with Gasteiger partial charge in [-0.3, -0.25) is 4.79 Å². The predicted octanol–water partition coefficient (Wildman–Crippen LogP) is 3.68. The van der Waals surface area contributed by atoms with E-state index in [1.807, 2.05) is 12.1 Å². The zero-order chi connectivity index (χ0) is 14.5. The number of rotatable bonds is 6. The van der Waals surface area contributed by atoms with Crippen LogP contribution >= 0.6 is 0 Å². The molecule has 2 rings (SSSR count). The molecule has 20 heavy (non-hydrogen) atoms. The Balaban J connectivity index is 2.31. The minimum absolute atomic E-state index is 0.0834. The first-order valence-corrected chi connectivity index (χ1v) is 7.39. The Morgan fingerprint density at radius 3 is 2.55 bits per heavy atom. The van der Waals surface area contributed by atoms with E-state index in [1.54, 1.807) is 6.92 Å². The Kier molecular flexibility index (Phi) is 4.83. The topological polar surface area (TPSA) is 29.5 Å². The number of ketones is 1. The third-order valence-electron chi connectivity index (χ3n) is 3.51. The molecule has 3 nitrogen and oxygen atoms in total. The summed E-state index contributed by atoms with van der Waals surface area (Å²) in [6, 6.07) is 6.25. The Labute approximate surface area is 121 Å². The number of benzene rings is 1. The molecule has 0 spiro atoms. The fraction of sp³-hybridized carbons (Fsp3) is 0.471. The van der Waals surface area contributed by atoms with E-state index in [4.69, 9.17) is 4.74 Å². The Hall–Kier alpha value is -1.77. The second kappa shape index (κ2) is 6.60. The van der Waals surface area contributed by atoms with Gasteiger partial charge in [0.2, 0.25) is 0 Å². The molecule has 1 aliphatic rings. The average Bonchev–Trinajstić information content (AvgIpc) is 2.45. The highest BCUT2D eigenvalue weighted by Crippen LogP contribution is 2.30. The molecule has 0 saturated carbocycles. The lowest BCUT2D eigenvalue weighted by Gasteiger charge is -2.25. The van der Waals surface area contributed by atoms with Crippen LogP contribution in [0.25, 0.3) is 6.08 Å². The molecule has 0 aromatic heterocycles. The van der Waals surface area contributed by atoms with E-state index in [1.165, 1.54) is 5.69 Å². The summed E-state index contributed by atoms with van der Waals surface area (Å²) < 4.78 is 5.64.